The molecule has 0 bridgehead atoms. The molecule has 0 saturated carbocycles. The van der Waals surface area contributed by atoms with Crippen LogP contribution in [-0.4, -0.2) is 0 Å². The number of hydrogen-bond acceptors (Lipinski definition) is 1. The molecule has 0 aliphatic rings. The Bertz CT molecular complexity index is 527. The maximum absolute atomic E-state index is 5.84. The van der Waals surface area contributed by atoms with Crippen molar-refractivity contribution in [2.24, 2.45) is 0 Å². The molecule has 1 heteroatoms. The lowest BCUT2D eigenvalue weighted by Crippen LogP contribution is -1.91. The van der Waals surface area contributed by atoms with E-state index >= 15 is 0 Å². The molecule has 0 radical (unpaired) electrons. The van der Waals surface area contributed by atoms with Crippen molar-refractivity contribution in [3.05, 3.63) is 53.6 Å². The van der Waals surface area contributed by atoms with Gasteiger partial charge in [0.15, 0.2) is 0 Å². The fourth-order valence-corrected chi connectivity index (χ4v) is 1.93. The summed E-state index contributed by atoms with van der Waals surface area (Å²) in [6, 6.07) is 14.9. The van der Waals surface area contributed by atoms with Gasteiger partial charge < -0.3 is 5.73 Å². The standard InChI is InChI=1S/C16H19N/c1-11(2)13-5-4-6-14(10-13)15-7-8-16(17)12(3)9-15/h4-11H,17H2,1-3H3. The molecule has 0 spiro atoms. The average Bonchev–Trinajstić information content (AvgIpc) is 2.33. The smallest absolute Gasteiger partial charge is 0.0344 e. The Morgan fingerprint density at radius 2 is 1.65 bits per heavy atom. The van der Waals surface area contributed by atoms with E-state index in [2.05, 4.69) is 50.2 Å². The minimum Gasteiger partial charge on any atom is -0.399 e. The van der Waals surface area contributed by atoms with Crippen LogP contribution in [0.15, 0.2) is 42.5 Å². The summed E-state index contributed by atoms with van der Waals surface area (Å²) in [7, 11) is 0. The van der Waals surface area contributed by atoms with Gasteiger partial charge in [0.25, 0.3) is 0 Å². The largest absolute Gasteiger partial charge is 0.399 e. The predicted octanol–water partition coefficient (Wildman–Crippen LogP) is 4.37. The second-order valence-corrected chi connectivity index (χ2v) is 4.85. The molecule has 0 atom stereocenters. The van der Waals surface area contributed by atoms with E-state index in [0.717, 1.165) is 11.3 Å². The van der Waals surface area contributed by atoms with Crippen molar-refractivity contribution in [1.29, 1.82) is 0 Å². The fourth-order valence-electron chi connectivity index (χ4n) is 1.93. The molecule has 0 saturated heterocycles. The molecule has 0 aliphatic carbocycles. The van der Waals surface area contributed by atoms with Gasteiger partial charge in [-0.2, -0.15) is 0 Å². The third-order valence-electron chi connectivity index (χ3n) is 3.16. The van der Waals surface area contributed by atoms with Crippen LogP contribution in [0, 0.1) is 6.92 Å². The molecule has 1 nitrogen and oxygen atoms in total. The zero-order valence-corrected chi connectivity index (χ0v) is 10.7. The molecule has 2 aromatic carbocycles. The third-order valence-corrected chi connectivity index (χ3v) is 3.16. The lowest BCUT2D eigenvalue weighted by atomic mass is 9.96. The van der Waals surface area contributed by atoms with Crippen LogP contribution in [-0.2, 0) is 0 Å². The first kappa shape index (κ1) is 11.7. The minimum atomic E-state index is 0.560. The van der Waals surface area contributed by atoms with Gasteiger partial charge in [-0.1, -0.05) is 44.2 Å². The highest BCUT2D eigenvalue weighted by Crippen LogP contribution is 2.26. The van der Waals surface area contributed by atoms with E-state index in [9.17, 15) is 0 Å². The first-order chi connectivity index (χ1) is 8.08. The van der Waals surface area contributed by atoms with E-state index in [1.54, 1.807) is 0 Å². The van der Waals surface area contributed by atoms with Gasteiger partial charge in [-0.15, -0.1) is 0 Å². The lowest BCUT2D eigenvalue weighted by molar-refractivity contribution is 0.867. The van der Waals surface area contributed by atoms with Crippen LogP contribution in [0.3, 0.4) is 0 Å². The van der Waals surface area contributed by atoms with Gasteiger partial charge in [-0.25, -0.2) is 0 Å². The van der Waals surface area contributed by atoms with E-state index in [1.165, 1.54) is 16.7 Å². The Kier molecular flexibility index (Phi) is 3.19. The van der Waals surface area contributed by atoms with Crippen molar-refractivity contribution >= 4 is 5.69 Å². The quantitative estimate of drug-likeness (QED) is 0.755. The summed E-state index contributed by atoms with van der Waals surface area (Å²) in [6.45, 7) is 6.48. The fraction of sp³-hybridized carbons (Fsp3) is 0.250. The van der Waals surface area contributed by atoms with E-state index in [1.807, 2.05) is 13.0 Å². The SMILES string of the molecule is Cc1cc(-c2cccc(C(C)C)c2)ccc1N. The Morgan fingerprint density at radius 1 is 0.941 bits per heavy atom. The number of benzene rings is 2. The van der Waals surface area contributed by atoms with Crippen molar-refractivity contribution in [2.75, 3.05) is 5.73 Å². The number of hydrogen-bond donors (Lipinski definition) is 1. The van der Waals surface area contributed by atoms with Crippen molar-refractivity contribution < 1.29 is 0 Å². The Hall–Kier alpha value is -1.76. The molecule has 0 amide bonds. The van der Waals surface area contributed by atoms with E-state index in [4.69, 9.17) is 5.73 Å². The normalized spacial score (nSPS) is 10.8. The number of rotatable bonds is 2. The topological polar surface area (TPSA) is 26.0 Å². The van der Waals surface area contributed by atoms with Gasteiger partial charge in [-0.3, -0.25) is 0 Å². The highest BCUT2D eigenvalue weighted by molar-refractivity contribution is 5.68. The van der Waals surface area contributed by atoms with Crippen molar-refractivity contribution in [2.45, 2.75) is 26.7 Å². The van der Waals surface area contributed by atoms with Crippen molar-refractivity contribution in [3.8, 4) is 11.1 Å². The molecule has 0 unspecified atom stereocenters. The first-order valence-corrected chi connectivity index (χ1v) is 6.04. The van der Waals surface area contributed by atoms with Crippen LogP contribution < -0.4 is 5.73 Å². The van der Waals surface area contributed by atoms with Gasteiger partial charge in [0, 0.05) is 5.69 Å². The zero-order valence-electron chi connectivity index (χ0n) is 10.7. The Morgan fingerprint density at radius 3 is 2.29 bits per heavy atom. The van der Waals surface area contributed by atoms with Crippen LogP contribution in [0.5, 0.6) is 0 Å². The molecule has 0 aliphatic heterocycles. The van der Waals surface area contributed by atoms with Gasteiger partial charge in [0.1, 0.15) is 0 Å². The monoisotopic (exact) mass is 225 g/mol. The number of nitrogens with two attached hydrogens (primary N) is 1. The van der Waals surface area contributed by atoms with E-state index < -0.39 is 0 Å². The van der Waals surface area contributed by atoms with Crippen LogP contribution in [0.25, 0.3) is 11.1 Å². The maximum Gasteiger partial charge on any atom is 0.0344 e. The number of nitrogen functional groups attached to an aromatic ring is 1. The van der Waals surface area contributed by atoms with Crippen molar-refractivity contribution in [3.63, 3.8) is 0 Å². The van der Waals surface area contributed by atoms with Gasteiger partial charge in [-0.05, 0) is 47.2 Å². The summed E-state index contributed by atoms with van der Waals surface area (Å²) in [6.07, 6.45) is 0. The van der Waals surface area contributed by atoms with Gasteiger partial charge in [0.05, 0.1) is 0 Å². The molecule has 0 aromatic heterocycles. The lowest BCUT2D eigenvalue weighted by Gasteiger charge is -2.09. The minimum absolute atomic E-state index is 0.560. The van der Waals surface area contributed by atoms with Crippen LogP contribution in [0.4, 0.5) is 5.69 Å². The highest BCUT2D eigenvalue weighted by atomic mass is 14.5. The molecule has 17 heavy (non-hydrogen) atoms. The summed E-state index contributed by atoms with van der Waals surface area (Å²) in [5.74, 6) is 0.560. The second kappa shape index (κ2) is 4.62. The van der Waals surface area contributed by atoms with Crippen LogP contribution in [0.2, 0.25) is 0 Å². The molecule has 2 rings (SSSR count). The molecule has 0 fully saturated rings. The van der Waals surface area contributed by atoms with Crippen molar-refractivity contribution in [1.82, 2.24) is 0 Å². The van der Waals surface area contributed by atoms with E-state index in [0.29, 0.717) is 5.92 Å². The predicted molar refractivity (Wildman–Crippen MR) is 75.1 cm³/mol. The third kappa shape index (κ3) is 2.50. The average molecular weight is 225 g/mol. The molecule has 2 N–H and O–H groups in total. The molecular formula is C16H19N. The molecule has 2 aromatic rings. The Labute approximate surface area is 103 Å². The maximum atomic E-state index is 5.84. The van der Waals surface area contributed by atoms with Gasteiger partial charge in [0.2, 0.25) is 0 Å². The highest BCUT2D eigenvalue weighted by Gasteiger charge is 2.03. The Balaban J connectivity index is 2.45. The number of aryl methyl sites for hydroxylation is 1. The summed E-state index contributed by atoms with van der Waals surface area (Å²) in [5.41, 5.74) is 11.7. The number of anilines is 1. The summed E-state index contributed by atoms with van der Waals surface area (Å²) in [4.78, 5) is 0. The van der Waals surface area contributed by atoms with Crippen LogP contribution >= 0.6 is 0 Å². The van der Waals surface area contributed by atoms with E-state index in [-0.39, 0.29) is 0 Å². The summed E-state index contributed by atoms with van der Waals surface area (Å²) >= 11 is 0. The van der Waals surface area contributed by atoms with Gasteiger partial charge >= 0.3 is 0 Å². The van der Waals surface area contributed by atoms with Crippen LogP contribution in [0.1, 0.15) is 30.9 Å². The molecule has 88 valence electrons. The summed E-state index contributed by atoms with van der Waals surface area (Å²) < 4.78 is 0. The summed E-state index contributed by atoms with van der Waals surface area (Å²) in [5, 5.41) is 0. The first-order valence-electron chi connectivity index (χ1n) is 6.04. The molecule has 0 heterocycles. The second-order valence-electron chi connectivity index (χ2n) is 4.85. The molecular weight excluding hydrogens is 206 g/mol. The zero-order chi connectivity index (χ0) is 12.4.